The summed E-state index contributed by atoms with van der Waals surface area (Å²) in [5.41, 5.74) is 1.74. The lowest BCUT2D eigenvalue weighted by Crippen LogP contribution is -2.32. The zero-order valence-electron chi connectivity index (χ0n) is 16.0. The van der Waals surface area contributed by atoms with Gasteiger partial charge in [-0.1, -0.05) is 54.1 Å². The molecule has 3 aromatic rings. The maximum atomic E-state index is 13.1. The predicted molar refractivity (Wildman–Crippen MR) is 118 cm³/mol. The molecule has 1 heterocycles. The van der Waals surface area contributed by atoms with E-state index in [1.165, 1.54) is 4.31 Å². The van der Waals surface area contributed by atoms with Gasteiger partial charge in [0.15, 0.2) is 9.84 Å². The van der Waals surface area contributed by atoms with Crippen molar-refractivity contribution in [1.82, 2.24) is 4.31 Å². The molecule has 0 aromatic heterocycles. The topological polar surface area (TPSA) is 71.5 Å². The molecule has 1 aliphatic heterocycles. The first kappa shape index (κ1) is 21.1. The average molecular weight is 462 g/mol. The highest BCUT2D eigenvalue weighted by Gasteiger charge is 2.39. The zero-order valence-corrected chi connectivity index (χ0v) is 18.4. The van der Waals surface area contributed by atoms with Crippen molar-refractivity contribution in [2.24, 2.45) is 0 Å². The van der Waals surface area contributed by atoms with Crippen molar-refractivity contribution in [3.63, 3.8) is 0 Å². The van der Waals surface area contributed by atoms with Crippen LogP contribution in [0.1, 0.15) is 6.42 Å². The smallest absolute Gasteiger partial charge is 0.223 e. The minimum atomic E-state index is -3.78. The Morgan fingerprint density at radius 2 is 1.47 bits per heavy atom. The van der Waals surface area contributed by atoms with Crippen molar-refractivity contribution in [2.45, 2.75) is 21.5 Å². The van der Waals surface area contributed by atoms with E-state index in [9.17, 15) is 16.8 Å². The quantitative estimate of drug-likeness (QED) is 0.569. The van der Waals surface area contributed by atoms with E-state index in [-0.39, 0.29) is 29.3 Å². The first-order valence-electron chi connectivity index (χ1n) is 9.43. The van der Waals surface area contributed by atoms with Gasteiger partial charge in [0.25, 0.3) is 0 Å². The van der Waals surface area contributed by atoms with Gasteiger partial charge in [-0.15, -0.1) is 0 Å². The lowest BCUT2D eigenvalue weighted by molar-refractivity contribution is 0.476. The van der Waals surface area contributed by atoms with Crippen LogP contribution in [0.2, 0.25) is 5.02 Å². The second-order valence-corrected chi connectivity index (χ2v) is 11.8. The second kappa shape index (κ2) is 8.15. The fourth-order valence-corrected chi connectivity index (χ4v) is 7.11. The normalized spacial score (nSPS) is 17.8. The fraction of sp³-hybridized carbons (Fsp3) is 0.182. The molecule has 30 heavy (non-hydrogen) atoms. The van der Waals surface area contributed by atoms with Crippen molar-refractivity contribution < 1.29 is 16.8 Å². The van der Waals surface area contributed by atoms with E-state index in [1.54, 1.807) is 60.7 Å². The Kier molecular flexibility index (Phi) is 5.72. The first-order valence-corrected chi connectivity index (χ1v) is 12.8. The van der Waals surface area contributed by atoms with Crippen molar-refractivity contribution in [3.8, 4) is 11.1 Å². The van der Waals surface area contributed by atoms with E-state index in [1.807, 2.05) is 18.2 Å². The second-order valence-electron chi connectivity index (χ2n) is 7.17. The number of sulfonamides is 1. The molecule has 8 heteroatoms. The van der Waals surface area contributed by atoms with Gasteiger partial charge in [0.1, 0.15) is 0 Å². The number of benzene rings is 3. The Morgan fingerprint density at radius 3 is 2.13 bits per heavy atom. The molecule has 0 saturated carbocycles. The summed E-state index contributed by atoms with van der Waals surface area (Å²) in [5, 5.41) is -0.146. The summed E-state index contributed by atoms with van der Waals surface area (Å²) in [4.78, 5) is 0.367. The van der Waals surface area contributed by atoms with Crippen molar-refractivity contribution in [1.29, 1.82) is 0 Å². The molecule has 1 unspecified atom stereocenters. The van der Waals surface area contributed by atoms with Crippen LogP contribution in [0.3, 0.4) is 0 Å². The van der Waals surface area contributed by atoms with Gasteiger partial charge >= 0.3 is 0 Å². The average Bonchev–Trinajstić information content (AvgIpc) is 3.27. The van der Waals surface area contributed by atoms with Crippen LogP contribution < -0.4 is 0 Å². The van der Waals surface area contributed by atoms with Gasteiger partial charge in [-0.3, -0.25) is 0 Å². The van der Waals surface area contributed by atoms with Crippen LogP contribution in [-0.4, -0.2) is 39.5 Å². The molecule has 1 atom stereocenters. The maximum absolute atomic E-state index is 13.1. The third-order valence-electron chi connectivity index (χ3n) is 5.27. The van der Waals surface area contributed by atoms with Crippen molar-refractivity contribution in [3.05, 3.63) is 83.9 Å². The minimum Gasteiger partial charge on any atom is -0.223 e. The van der Waals surface area contributed by atoms with Crippen LogP contribution in [-0.2, 0) is 19.9 Å². The molecule has 0 amide bonds. The molecular formula is C22H20ClNO4S2. The highest BCUT2D eigenvalue weighted by Crippen LogP contribution is 2.29. The number of hydrogen-bond acceptors (Lipinski definition) is 4. The lowest BCUT2D eigenvalue weighted by atomic mass is 10.1. The Bertz CT molecular complexity index is 1260. The molecule has 4 rings (SSSR count). The number of nitrogens with zero attached hydrogens (tertiary/aromatic N) is 1. The molecule has 1 fully saturated rings. The molecule has 0 radical (unpaired) electrons. The van der Waals surface area contributed by atoms with Crippen LogP contribution in [0.25, 0.3) is 11.1 Å². The van der Waals surface area contributed by atoms with E-state index < -0.39 is 25.1 Å². The van der Waals surface area contributed by atoms with Gasteiger partial charge < -0.3 is 0 Å². The number of rotatable bonds is 5. The molecule has 0 spiro atoms. The zero-order chi connectivity index (χ0) is 21.4. The molecule has 0 N–H and O–H groups in total. The standard InChI is InChI=1S/C22H20ClNO4S2/c23-19-6-4-5-18(15-19)17-9-11-21(12-10-17)30(27,28)24-14-13-22(16-24)29(25,26)20-7-2-1-3-8-20/h1-12,15,22H,13-14,16H2. The van der Waals surface area contributed by atoms with Crippen molar-refractivity contribution in [2.75, 3.05) is 13.1 Å². The summed E-state index contributed by atoms with van der Waals surface area (Å²) < 4.78 is 53.0. The summed E-state index contributed by atoms with van der Waals surface area (Å²) in [5.74, 6) is 0. The Hall–Kier alpha value is -2.19. The van der Waals surface area contributed by atoms with Gasteiger partial charge in [0, 0.05) is 18.1 Å². The van der Waals surface area contributed by atoms with Gasteiger partial charge in [-0.25, -0.2) is 16.8 Å². The maximum Gasteiger partial charge on any atom is 0.243 e. The van der Waals surface area contributed by atoms with Gasteiger partial charge in [0.05, 0.1) is 15.0 Å². The van der Waals surface area contributed by atoms with E-state index in [4.69, 9.17) is 11.6 Å². The molecule has 3 aromatic carbocycles. The van der Waals surface area contributed by atoms with E-state index in [0.29, 0.717) is 5.02 Å². The molecule has 0 aliphatic carbocycles. The van der Waals surface area contributed by atoms with Gasteiger partial charge in [-0.2, -0.15) is 4.31 Å². The highest BCUT2D eigenvalue weighted by molar-refractivity contribution is 7.92. The monoisotopic (exact) mass is 461 g/mol. The summed E-state index contributed by atoms with van der Waals surface area (Å²) in [7, 11) is -7.36. The number of halogens is 1. The third-order valence-corrected chi connectivity index (χ3v) is 9.57. The molecule has 0 bridgehead atoms. The third kappa shape index (κ3) is 4.03. The van der Waals surface area contributed by atoms with Crippen molar-refractivity contribution >= 4 is 31.5 Å². The van der Waals surface area contributed by atoms with Gasteiger partial charge in [-0.05, 0) is 53.9 Å². The summed E-state index contributed by atoms with van der Waals surface area (Å²) in [6.07, 6.45) is 0.275. The fourth-order valence-electron chi connectivity index (χ4n) is 3.61. The molecular weight excluding hydrogens is 442 g/mol. The number of hydrogen-bond donors (Lipinski definition) is 0. The first-order chi connectivity index (χ1) is 14.3. The van der Waals surface area contributed by atoms with E-state index in [2.05, 4.69) is 0 Å². The lowest BCUT2D eigenvalue weighted by Gasteiger charge is -2.17. The van der Waals surface area contributed by atoms with Gasteiger partial charge in [0.2, 0.25) is 10.0 Å². The van der Waals surface area contributed by atoms with Crippen LogP contribution in [0.4, 0.5) is 0 Å². The van der Waals surface area contributed by atoms with E-state index in [0.717, 1.165) is 11.1 Å². The van der Waals surface area contributed by atoms with Crippen LogP contribution in [0.5, 0.6) is 0 Å². The SMILES string of the molecule is O=S(=O)(c1ccccc1)C1CCN(S(=O)(=O)c2ccc(-c3cccc(Cl)c3)cc2)C1. The molecule has 1 aliphatic rings. The molecule has 5 nitrogen and oxygen atoms in total. The van der Waals surface area contributed by atoms with Crippen LogP contribution in [0, 0.1) is 0 Å². The Morgan fingerprint density at radius 1 is 0.767 bits per heavy atom. The molecule has 1 saturated heterocycles. The largest absolute Gasteiger partial charge is 0.243 e. The van der Waals surface area contributed by atoms with E-state index >= 15 is 0 Å². The Labute approximate surface area is 181 Å². The van der Waals surface area contributed by atoms with Crippen LogP contribution >= 0.6 is 11.6 Å². The minimum absolute atomic E-state index is 0.0460. The highest BCUT2D eigenvalue weighted by atomic mass is 35.5. The predicted octanol–water partition coefficient (Wildman–Crippen LogP) is 4.24. The Balaban J connectivity index is 1.55. The number of sulfone groups is 1. The summed E-state index contributed by atoms with van der Waals surface area (Å²) in [6.45, 7) is 0.130. The van der Waals surface area contributed by atoms with Crippen LogP contribution in [0.15, 0.2) is 88.7 Å². The summed E-state index contributed by atoms with van der Waals surface area (Å²) in [6, 6.07) is 22.0. The summed E-state index contributed by atoms with van der Waals surface area (Å²) >= 11 is 6.03. The molecule has 156 valence electrons.